The zero-order chi connectivity index (χ0) is 15.4. The second-order valence-corrected chi connectivity index (χ2v) is 6.28. The smallest absolute Gasteiger partial charge is 0.135 e. The van der Waals surface area contributed by atoms with Crippen molar-refractivity contribution in [2.45, 2.75) is 26.3 Å². The molecule has 0 radical (unpaired) electrons. The van der Waals surface area contributed by atoms with Gasteiger partial charge in [-0.15, -0.1) is 0 Å². The molecule has 0 spiro atoms. The molecule has 2 rings (SSSR count). The highest BCUT2D eigenvalue weighted by molar-refractivity contribution is 9.10. The molecule has 0 saturated carbocycles. The van der Waals surface area contributed by atoms with E-state index in [9.17, 15) is 0 Å². The summed E-state index contributed by atoms with van der Waals surface area (Å²) in [5.41, 5.74) is 1.24. The van der Waals surface area contributed by atoms with Gasteiger partial charge in [0.2, 0.25) is 0 Å². The van der Waals surface area contributed by atoms with Gasteiger partial charge in [-0.1, -0.05) is 41.9 Å². The van der Waals surface area contributed by atoms with Crippen molar-refractivity contribution in [3.63, 3.8) is 0 Å². The van der Waals surface area contributed by atoms with Crippen LogP contribution in [-0.4, -0.2) is 24.1 Å². The van der Waals surface area contributed by atoms with E-state index in [1.54, 1.807) is 0 Å². The fraction of sp³-hybridized carbons (Fsp3) is 0.375. The summed E-state index contributed by atoms with van der Waals surface area (Å²) in [6, 6.07) is 10.3. The van der Waals surface area contributed by atoms with E-state index in [4.69, 9.17) is 0 Å². The van der Waals surface area contributed by atoms with E-state index in [-0.39, 0.29) is 0 Å². The molecule has 0 fully saturated rings. The largest absolute Gasteiger partial charge is 0.373 e. The Kier molecular flexibility index (Phi) is 5.17. The normalized spacial score (nSPS) is 10.8. The van der Waals surface area contributed by atoms with Crippen molar-refractivity contribution in [1.82, 2.24) is 9.97 Å². The van der Waals surface area contributed by atoms with Crippen LogP contribution in [0.4, 0.5) is 11.6 Å². The lowest BCUT2D eigenvalue weighted by Crippen LogP contribution is -2.19. The number of aromatic nitrogens is 2. The first-order valence-corrected chi connectivity index (χ1v) is 7.81. The number of nitrogens with one attached hydrogen (secondary N) is 1. The van der Waals surface area contributed by atoms with Gasteiger partial charge in [-0.3, -0.25) is 0 Å². The third-order valence-corrected chi connectivity index (χ3v) is 3.70. The molecule has 0 bridgehead atoms. The van der Waals surface area contributed by atoms with E-state index in [1.807, 2.05) is 32.3 Å². The molecular weight excluding hydrogens is 328 g/mol. The molecule has 2 aromatic rings. The predicted octanol–water partition coefficient (Wildman–Crippen LogP) is 4.04. The standard InChI is InChI=1S/C16H21BrN4/c1-11(2)16-19-14(18-3)9-15(20-16)21(4)10-12-6-5-7-13(17)8-12/h5-9,11H,10H2,1-4H3,(H,18,19,20). The zero-order valence-corrected chi connectivity index (χ0v) is 14.5. The Morgan fingerprint density at radius 2 is 2.00 bits per heavy atom. The molecule has 4 nitrogen and oxygen atoms in total. The van der Waals surface area contributed by atoms with Crippen molar-refractivity contribution in [1.29, 1.82) is 0 Å². The molecule has 1 heterocycles. The third kappa shape index (κ3) is 4.17. The molecule has 0 aliphatic rings. The van der Waals surface area contributed by atoms with Crippen LogP contribution < -0.4 is 10.2 Å². The molecule has 0 unspecified atom stereocenters. The lowest BCUT2D eigenvalue weighted by molar-refractivity contribution is 0.764. The maximum absolute atomic E-state index is 4.66. The number of anilines is 2. The Bertz CT molecular complexity index is 613. The minimum atomic E-state index is 0.302. The van der Waals surface area contributed by atoms with E-state index in [0.29, 0.717) is 5.92 Å². The van der Waals surface area contributed by atoms with Gasteiger partial charge < -0.3 is 10.2 Å². The van der Waals surface area contributed by atoms with Crippen LogP contribution in [0.15, 0.2) is 34.8 Å². The quantitative estimate of drug-likeness (QED) is 0.885. The number of hydrogen-bond acceptors (Lipinski definition) is 4. The number of halogens is 1. The van der Waals surface area contributed by atoms with Crippen LogP contribution in [0.5, 0.6) is 0 Å². The molecule has 1 aromatic carbocycles. The molecule has 0 aliphatic heterocycles. The summed E-state index contributed by atoms with van der Waals surface area (Å²) in [4.78, 5) is 11.3. The number of hydrogen-bond donors (Lipinski definition) is 1. The van der Waals surface area contributed by atoms with Crippen LogP contribution in [0.3, 0.4) is 0 Å². The number of benzene rings is 1. The van der Waals surface area contributed by atoms with Crippen LogP contribution in [0.2, 0.25) is 0 Å². The molecular formula is C16H21BrN4. The highest BCUT2D eigenvalue weighted by Gasteiger charge is 2.11. The average Bonchev–Trinajstić information content (AvgIpc) is 2.46. The van der Waals surface area contributed by atoms with Crippen molar-refractivity contribution >= 4 is 27.6 Å². The first-order valence-electron chi connectivity index (χ1n) is 7.02. The van der Waals surface area contributed by atoms with E-state index in [1.165, 1.54) is 5.56 Å². The molecule has 112 valence electrons. The van der Waals surface area contributed by atoms with Gasteiger partial charge in [0.15, 0.2) is 0 Å². The number of nitrogens with zero attached hydrogens (tertiary/aromatic N) is 3. The summed E-state index contributed by atoms with van der Waals surface area (Å²) in [7, 11) is 3.93. The van der Waals surface area contributed by atoms with Crippen LogP contribution in [0, 0.1) is 0 Å². The first-order chi connectivity index (χ1) is 9.99. The van der Waals surface area contributed by atoms with Gasteiger partial charge in [-0.25, -0.2) is 9.97 Å². The Balaban J connectivity index is 2.25. The minimum absolute atomic E-state index is 0.302. The zero-order valence-electron chi connectivity index (χ0n) is 12.9. The highest BCUT2D eigenvalue weighted by atomic mass is 79.9. The fourth-order valence-corrected chi connectivity index (χ4v) is 2.47. The van der Waals surface area contributed by atoms with Gasteiger partial charge in [0.05, 0.1) is 0 Å². The Morgan fingerprint density at radius 3 is 2.62 bits per heavy atom. The van der Waals surface area contributed by atoms with E-state index in [0.717, 1.165) is 28.5 Å². The minimum Gasteiger partial charge on any atom is -0.373 e. The molecule has 0 aliphatic carbocycles. The summed E-state index contributed by atoms with van der Waals surface area (Å²) in [6.45, 7) is 5.01. The monoisotopic (exact) mass is 348 g/mol. The Hall–Kier alpha value is -1.62. The van der Waals surface area contributed by atoms with Crippen LogP contribution in [-0.2, 0) is 6.54 Å². The van der Waals surface area contributed by atoms with Gasteiger partial charge in [-0.05, 0) is 17.7 Å². The summed E-state index contributed by atoms with van der Waals surface area (Å²) in [6.07, 6.45) is 0. The second-order valence-electron chi connectivity index (χ2n) is 5.36. The fourth-order valence-electron chi connectivity index (χ4n) is 2.02. The average molecular weight is 349 g/mol. The van der Waals surface area contributed by atoms with Gasteiger partial charge >= 0.3 is 0 Å². The van der Waals surface area contributed by atoms with Gasteiger partial charge in [0, 0.05) is 37.1 Å². The molecule has 0 amide bonds. The highest BCUT2D eigenvalue weighted by Crippen LogP contribution is 2.21. The summed E-state index contributed by atoms with van der Waals surface area (Å²) >= 11 is 3.51. The maximum atomic E-state index is 4.66. The molecule has 21 heavy (non-hydrogen) atoms. The van der Waals surface area contributed by atoms with Crippen molar-refractivity contribution in [2.75, 3.05) is 24.3 Å². The van der Waals surface area contributed by atoms with Crippen LogP contribution in [0.25, 0.3) is 0 Å². The predicted molar refractivity (Wildman–Crippen MR) is 91.9 cm³/mol. The van der Waals surface area contributed by atoms with Crippen molar-refractivity contribution in [2.24, 2.45) is 0 Å². The van der Waals surface area contributed by atoms with Crippen molar-refractivity contribution in [3.8, 4) is 0 Å². The Morgan fingerprint density at radius 1 is 1.24 bits per heavy atom. The topological polar surface area (TPSA) is 41.0 Å². The lowest BCUT2D eigenvalue weighted by Gasteiger charge is -2.20. The van der Waals surface area contributed by atoms with Crippen LogP contribution >= 0.6 is 15.9 Å². The maximum Gasteiger partial charge on any atom is 0.135 e. The Labute approximate surface area is 134 Å². The van der Waals surface area contributed by atoms with Gasteiger partial charge in [0.1, 0.15) is 17.5 Å². The molecule has 0 atom stereocenters. The number of rotatable bonds is 5. The lowest BCUT2D eigenvalue weighted by atomic mass is 10.2. The van der Waals surface area contributed by atoms with Gasteiger partial charge in [0.25, 0.3) is 0 Å². The van der Waals surface area contributed by atoms with E-state index < -0.39 is 0 Å². The third-order valence-electron chi connectivity index (χ3n) is 3.20. The van der Waals surface area contributed by atoms with Crippen molar-refractivity contribution in [3.05, 3.63) is 46.2 Å². The molecule has 0 saturated heterocycles. The summed E-state index contributed by atoms with van der Waals surface area (Å²) in [5, 5.41) is 3.11. The van der Waals surface area contributed by atoms with Crippen LogP contribution in [0.1, 0.15) is 31.2 Å². The summed E-state index contributed by atoms with van der Waals surface area (Å²) < 4.78 is 1.09. The summed E-state index contributed by atoms with van der Waals surface area (Å²) in [5.74, 6) is 2.94. The van der Waals surface area contributed by atoms with Crippen molar-refractivity contribution < 1.29 is 0 Å². The first kappa shape index (κ1) is 15.8. The SMILES string of the molecule is CNc1cc(N(C)Cc2cccc(Br)c2)nc(C(C)C)n1. The molecule has 5 heteroatoms. The molecule has 1 N–H and O–H groups in total. The van der Waals surface area contributed by atoms with Gasteiger partial charge in [-0.2, -0.15) is 0 Å². The van der Waals surface area contributed by atoms with E-state index in [2.05, 4.69) is 62.1 Å². The van der Waals surface area contributed by atoms with E-state index >= 15 is 0 Å². The second kappa shape index (κ2) is 6.89. The molecule has 1 aromatic heterocycles.